The maximum absolute atomic E-state index is 11.7. The van der Waals surface area contributed by atoms with Crippen LogP contribution in [0.1, 0.15) is 158 Å². The lowest BCUT2D eigenvalue weighted by atomic mass is 10.1. The number of amides is 4. The predicted octanol–water partition coefficient (Wildman–Crippen LogP) is 16.3. The number of alkyl halides is 4. The van der Waals surface area contributed by atoms with Crippen LogP contribution in [0.5, 0.6) is 34.5 Å². The molecule has 0 atom stereocenters. The highest BCUT2D eigenvalue weighted by Gasteiger charge is 2.29. The second-order valence-electron chi connectivity index (χ2n) is 34.2. The minimum absolute atomic E-state index is 0.0687. The molecule has 0 bridgehead atoms. The number of fused-ring (bicyclic) bond motifs is 12. The number of phosphoric ester groups is 3. The fourth-order valence-corrected chi connectivity index (χ4v) is 18.6. The Morgan fingerprint density at radius 2 is 0.688 bits per heavy atom. The first kappa shape index (κ1) is 109. The Morgan fingerprint density at radius 1 is 0.368 bits per heavy atom. The molecule has 0 saturated carbocycles. The monoisotopic (exact) mass is 2240 g/mol. The number of carbonyl (C=O) groups excluding carboxylic acids is 4. The molecule has 16 aromatic rings. The van der Waals surface area contributed by atoms with Crippen molar-refractivity contribution in [1.82, 2.24) is 79.4 Å². The molecule has 46 heteroatoms. The zero-order chi connectivity index (χ0) is 104. The molecule has 0 saturated heterocycles. The molecular formula is C98H111Br3ClN20O19P3. The van der Waals surface area contributed by atoms with Crippen molar-refractivity contribution in [3.05, 3.63) is 225 Å². The Balaban J connectivity index is 0.000000162. The Kier molecular flexibility index (Phi) is 36.5. The zero-order valence-corrected chi connectivity index (χ0v) is 87.7. The van der Waals surface area contributed by atoms with Crippen LogP contribution in [0.25, 0.3) is 87.7 Å². The van der Waals surface area contributed by atoms with Crippen LogP contribution >= 0.6 is 82.9 Å². The van der Waals surface area contributed by atoms with Crippen molar-refractivity contribution >= 4 is 218 Å². The van der Waals surface area contributed by atoms with Gasteiger partial charge in [0.05, 0.1) is 73.2 Å². The average molecular weight is 2240 g/mol. The summed E-state index contributed by atoms with van der Waals surface area (Å²) in [4.78, 5) is 140. The Morgan fingerprint density at radius 3 is 1.02 bits per heavy atom. The summed E-state index contributed by atoms with van der Waals surface area (Å²) in [6.45, 7) is 14.8. The van der Waals surface area contributed by atoms with E-state index in [1.807, 2.05) is 91.2 Å². The second kappa shape index (κ2) is 48.4. The minimum atomic E-state index is -4.99. The Hall–Kier alpha value is -12.7. The summed E-state index contributed by atoms with van der Waals surface area (Å²) in [5.41, 5.74) is 41.4. The molecule has 8 aromatic carbocycles. The minimum Gasteiger partial charge on any atom is -0.508 e. The van der Waals surface area contributed by atoms with Gasteiger partial charge >= 0.3 is 23.5 Å². The molecule has 4 amide bonds. The number of halogens is 4. The van der Waals surface area contributed by atoms with E-state index >= 15 is 0 Å². The van der Waals surface area contributed by atoms with Gasteiger partial charge in [0.25, 0.3) is 0 Å². The smallest absolute Gasteiger partial charge is 0.508 e. The van der Waals surface area contributed by atoms with E-state index in [1.54, 1.807) is 60.0 Å². The number of aromatic nitrogens is 12. The van der Waals surface area contributed by atoms with E-state index in [0.29, 0.717) is 135 Å². The van der Waals surface area contributed by atoms with E-state index in [1.165, 1.54) is 12.1 Å². The molecule has 0 aliphatic heterocycles. The fraction of sp³-hybridized carbons (Fsp3) is 0.306. The summed E-state index contributed by atoms with van der Waals surface area (Å²) in [7, 11) is -14.6. The topological polar surface area (TPSA) is 604 Å². The lowest BCUT2D eigenvalue weighted by Gasteiger charge is -2.17. The molecule has 8 heterocycles. The first-order valence-electron chi connectivity index (χ1n) is 46.1. The first-order valence-corrected chi connectivity index (χ1v) is 54.5. The number of aryl methyl sites for hydroxylation is 6. The number of phenols is 3. The van der Waals surface area contributed by atoms with Crippen molar-refractivity contribution in [2.24, 2.45) is 0 Å². The van der Waals surface area contributed by atoms with Crippen molar-refractivity contribution in [2.45, 2.75) is 171 Å². The van der Waals surface area contributed by atoms with E-state index in [4.69, 9.17) is 77.8 Å². The number of hydrogen-bond donors (Lipinski definition) is 17. The SMILES string of the molecule is CCCCc1nc2c(N)nc3cc(CNC(=O)CBr)ccc3c2n1Cc1ccc(O)c(C)c1.CCCCc1nc2c(N)nc3cc(CNC(=O)CBr)ccc3c2n1Cc1ccc(OP(=O)(O)O)c(C)c1.CCCCc1nc2c(N)nc3cc(CNC(=O)CBr)ccc3c2n1Cc1cccc(O)c1O.CCCCc1nc2c(N)nc3cc(CNC(=O)CCl)ccc3c2n1Cc1cc(OP(=O)(O)O)ccc1OP(=O)(O)O. The quantitative estimate of drug-likeness (QED) is 0.00971. The van der Waals surface area contributed by atoms with Crippen LogP contribution in [0.4, 0.5) is 23.3 Å². The molecule has 8 aromatic heterocycles. The van der Waals surface area contributed by atoms with Crippen molar-refractivity contribution in [1.29, 1.82) is 0 Å². The van der Waals surface area contributed by atoms with Crippen molar-refractivity contribution < 1.29 is 91.1 Å². The molecule has 0 aliphatic rings. The summed E-state index contributed by atoms with van der Waals surface area (Å²) in [5.74, 6) is 3.44. The number of para-hydroxylation sites is 1. The number of nitrogens with zero attached hydrogens (tertiary/aromatic N) is 12. The number of phenolic OH excluding ortho intramolecular Hbond substituents is 3. The molecule has 0 unspecified atom stereocenters. The molecule has 144 heavy (non-hydrogen) atoms. The lowest BCUT2D eigenvalue weighted by Crippen LogP contribution is -2.23. The van der Waals surface area contributed by atoms with E-state index < -0.39 is 23.5 Å². The van der Waals surface area contributed by atoms with Gasteiger partial charge in [0.1, 0.15) is 74.2 Å². The van der Waals surface area contributed by atoms with E-state index in [-0.39, 0.29) is 98.7 Å². The third-order valence-electron chi connectivity index (χ3n) is 23.5. The van der Waals surface area contributed by atoms with Gasteiger partial charge < -0.3 is 91.4 Å². The fourth-order valence-electron chi connectivity index (χ4n) is 16.6. The number of unbranched alkanes of at least 4 members (excludes halogenated alkanes) is 4. The number of hydrogen-bond acceptors (Lipinski definition) is 25. The highest BCUT2D eigenvalue weighted by atomic mass is 79.9. The van der Waals surface area contributed by atoms with Crippen LogP contribution < -0.4 is 57.8 Å². The molecule has 0 radical (unpaired) electrons. The van der Waals surface area contributed by atoms with Crippen LogP contribution in [0.3, 0.4) is 0 Å². The van der Waals surface area contributed by atoms with Crippen molar-refractivity contribution in [3.8, 4) is 34.5 Å². The normalized spacial score (nSPS) is 11.7. The second-order valence-corrected chi connectivity index (χ2v) is 39.7. The molecule has 39 nitrogen and oxygen atoms in total. The van der Waals surface area contributed by atoms with Gasteiger partial charge in [-0.15, -0.1) is 11.6 Å². The summed E-state index contributed by atoms with van der Waals surface area (Å²) >= 11 is 15.0. The van der Waals surface area contributed by atoms with Crippen LogP contribution in [0, 0.1) is 13.8 Å². The number of nitrogens with one attached hydrogen (secondary N) is 4. The highest BCUT2D eigenvalue weighted by Crippen LogP contribution is 2.46. The highest BCUT2D eigenvalue weighted by molar-refractivity contribution is 9.09. The number of carbonyl (C=O) groups is 4. The number of rotatable bonds is 38. The summed E-state index contributed by atoms with van der Waals surface area (Å²) in [5, 5.41) is 45.7. The molecule has 16 rings (SSSR count). The van der Waals surface area contributed by atoms with E-state index in [9.17, 15) is 67.8 Å². The number of imidazole rings is 4. The third-order valence-corrected chi connectivity index (χ3v) is 26.6. The largest absolute Gasteiger partial charge is 0.524 e. The van der Waals surface area contributed by atoms with Crippen molar-refractivity contribution in [2.75, 3.05) is 44.8 Å². The number of phosphoric acid groups is 3. The molecule has 0 spiro atoms. The molecule has 21 N–H and O–H groups in total. The van der Waals surface area contributed by atoms with Crippen LogP contribution in [0.2, 0.25) is 0 Å². The Bertz CT molecular complexity index is 7670. The third kappa shape index (κ3) is 27.3. The van der Waals surface area contributed by atoms with Crippen LogP contribution in [0.15, 0.2) is 146 Å². The number of nitrogen functional groups attached to an aromatic ring is 4. The zero-order valence-electron chi connectivity index (χ0n) is 79.5. The van der Waals surface area contributed by atoms with E-state index in [2.05, 4.69) is 119 Å². The number of pyridine rings is 4. The first-order chi connectivity index (χ1) is 68.7. The lowest BCUT2D eigenvalue weighted by molar-refractivity contribution is -0.119. The number of benzene rings is 8. The van der Waals surface area contributed by atoms with Crippen LogP contribution in [-0.2, 0) is 111 Å². The molecule has 0 aliphatic carbocycles. The molecular weight excluding hydrogens is 2130 g/mol. The summed E-state index contributed by atoms with van der Waals surface area (Å²) in [6.07, 6.45) is 10.6. The van der Waals surface area contributed by atoms with Gasteiger partial charge in [-0.3, -0.25) is 48.5 Å². The number of nitrogens with two attached hydrogens (primary N) is 4. The van der Waals surface area contributed by atoms with E-state index in [0.717, 1.165) is 177 Å². The van der Waals surface area contributed by atoms with Crippen LogP contribution in [-0.4, -0.2) is 148 Å². The summed E-state index contributed by atoms with van der Waals surface area (Å²) < 4.78 is 57.0. The molecule has 760 valence electrons. The van der Waals surface area contributed by atoms with Gasteiger partial charge in [-0.25, -0.2) is 53.6 Å². The maximum atomic E-state index is 11.7. The predicted molar refractivity (Wildman–Crippen MR) is 566 cm³/mol. The standard InChI is InChI=1S/C25H29BrN5O5P.C25H28BrN5O2.C24H26BrN5O3.C24H28ClN5O9P2/c1-3-4-5-21-30-23-24(31(21)14-17-7-9-20(15(2)10-17)36-37(33,34)35)18-8-6-16(13-28-22(32)12-26)11-19(18)29-25(23)27;1-3-4-5-21-30-23-24(31(21)14-17-7-9-20(32)15(2)10-17)18-8-6-16(13-28-22(33)12-26)11-19(18)29-25(23)27;1-2-3-7-19-29-21-22(30(19)13-15-5-4-6-18(31)23(15)33)16-9-8-14(12-27-20(32)11-25)10-17(16)28-24(21)26;1-2-3-4-20-29-22-23(17-7-5-14(12-27-21(31)11-25)9-18(17)28-24(22)26)30(20)13-15-10-16(38-40(32,33)34)6-8-19(15)39-41(35,36)37/h6-11H,3-5,12-14H2,1-2H3,(H2,27,29)(H,28,32)(H2,33,34,35);6-11,32H,3-5,12-14H2,1-2H3,(H2,27,29)(H,28,33);4-6,8-10,31,33H,2-3,7,11-13H2,1H3,(H2,26,28)(H,27,32);5-10H,2-4,11-13H2,1H3,(H2,26,28)(H,27,31)(H2,32,33,34)(H2,35,36,37). The van der Waals surface area contributed by atoms with Crippen molar-refractivity contribution in [3.63, 3.8) is 0 Å². The van der Waals surface area contributed by atoms with Gasteiger partial charge in [-0.1, -0.05) is 186 Å². The van der Waals surface area contributed by atoms with Gasteiger partial charge in [0, 0.05) is 97.6 Å². The van der Waals surface area contributed by atoms with Gasteiger partial charge in [-0.2, -0.15) is 0 Å². The number of aromatic hydroxyl groups is 3. The van der Waals surface area contributed by atoms with Gasteiger partial charge in [0.2, 0.25) is 23.6 Å². The van der Waals surface area contributed by atoms with Gasteiger partial charge in [0.15, 0.2) is 34.8 Å². The summed E-state index contributed by atoms with van der Waals surface area (Å²) in [6, 6.07) is 42.3. The average Bonchev–Trinajstić information content (AvgIpc) is 1.60. The molecule has 0 fully saturated rings. The Labute approximate surface area is 856 Å². The van der Waals surface area contributed by atoms with Gasteiger partial charge in [-0.05, 0) is 145 Å². The maximum Gasteiger partial charge on any atom is 0.524 e. The number of anilines is 4.